The lowest BCUT2D eigenvalue weighted by Gasteiger charge is -2.23. The van der Waals surface area contributed by atoms with Gasteiger partial charge < -0.3 is 4.74 Å². The van der Waals surface area contributed by atoms with Crippen molar-refractivity contribution in [1.29, 1.82) is 0 Å². The van der Waals surface area contributed by atoms with Crippen molar-refractivity contribution >= 4 is 27.5 Å². The van der Waals surface area contributed by atoms with E-state index in [-0.39, 0.29) is 6.04 Å². The number of benzene rings is 2. The Bertz CT molecular complexity index is 661. The van der Waals surface area contributed by atoms with Crippen LogP contribution in [0.25, 0.3) is 0 Å². The molecule has 0 aromatic heterocycles. The molecular formula is C16H18BrClN2O. The van der Waals surface area contributed by atoms with Crippen LogP contribution in [0.5, 0.6) is 5.75 Å². The number of hydrogen-bond acceptors (Lipinski definition) is 3. The van der Waals surface area contributed by atoms with Crippen LogP contribution in [0, 0.1) is 13.8 Å². The molecule has 0 spiro atoms. The minimum atomic E-state index is -0.215. The monoisotopic (exact) mass is 368 g/mol. The van der Waals surface area contributed by atoms with Crippen molar-refractivity contribution in [3.05, 3.63) is 62.1 Å². The van der Waals surface area contributed by atoms with Crippen molar-refractivity contribution in [2.45, 2.75) is 19.9 Å². The Morgan fingerprint density at radius 2 is 1.90 bits per heavy atom. The third-order valence-corrected chi connectivity index (χ3v) is 4.62. The molecule has 1 unspecified atom stereocenters. The predicted molar refractivity (Wildman–Crippen MR) is 90.8 cm³/mol. The first-order valence-electron chi connectivity index (χ1n) is 6.54. The molecule has 1 atom stereocenters. The van der Waals surface area contributed by atoms with Gasteiger partial charge in [0.05, 0.1) is 13.2 Å². The van der Waals surface area contributed by atoms with Crippen molar-refractivity contribution in [3.8, 4) is 5.75 Å². The van der Waals surface area contributed by atoms with Crippen LogP contribution < -0.4 is 16.0 Å². The number of halogens is 2. The van der Waals surface area contributed by atoms with E-state index in [0.717, 1.165) is 26.9 Å². The number of nitrogens with one attached hydrogen (secondary N) is 1. The number of hydrazine groups is 1. The van der Waals surface area contributed by atoms with Gasteiger partial charge in [-0.3, -0.25) is 5.84 Å². The lowest BCUT2D eigenvalue weighted by atomic mass is 9.94. The minimum Gasteiger partial charge on any atom is -0.496 e. The summed E-state index contributed by atoms with van der Waals surface area (Å²) in [6.45, 7) is 4.10. The predicted octanol–water partition coefficient (Wildman–Crippen LogP) is 4.28. The molecule has 0 aliphatic carbocycles. The molecule has 0 aliphatic rings. The van der Waals surface area contributed by atoms with Crippen LogP contribution in [0.4, 0.5) is 0 Å². The molecule has 2 aromatic rings. The Balaban J connectivity index is 2.62. The lowest BCUT2D eigenvalue weighted by Crippen LogP contribution is -2.29. The number of nitrogens with two attached hydrogens (primary N) is 1. The Kier molecular flexibility index (Phi) is 5.27. The number of methoxy groups -OCH3 is 1. The maximum atomic E-state index is 6.11. The zero-order valence-corrected chi connectivity index (χ0v) is 14.5. The summed E-state index contributed by atoms with van der Waals surface area (Å²) >= 11 is 9.67. The van der Waals surface area contributed by atoms with Gasteiger partial charge in [0.2, 0.25) is 0 Å². The highest BCUT2D eigenvalue weighted by Gasteiger charge is 2.21. The smallest absolute Gasteiger partial charge is 0.127 e. The summed E-state index contributed by atoms with van der Waals surface area (Å²) in [4.78, 5) is 0. The van der Waals surface area contributed by atoms with Crippen LogP contribution in [0.2, 0.25) is 5.02 Å². The normalized spacial score (nSPS) is 12.3. The summed E-state index contributed by atoms with van der Waals surface area (Å²) in [5.74, 6) is 6.64. The average molecular weight is 370 g/mol. The molecule has 5 heteroatoms. The summed E-state index contributed by atoms with van der Waals surface area (Å²) in [7, 11) is 1.67. The lowest BCUT2D eigenvalue weighted by molar-refractivity contribution is 0.400. The quantitative estimate of drug-likeness (QED) is 0.624. The van der Waals surface area contributed by atoms with E-state index < -0.39 is 0 Å². The van der Waals surface area contributed by atoms with Crippen LogP contribution in [0.1, 0.15) is 28.3 Å². The second-order valence-corrected chi connectivity index (χ2v) is 6.19. The zero-order valence-electron chi connectivity index (χ0n) is 12.2. The Labute approximate surface area is 138 Å². The summed E-state index contributed by atoms with van der Waals surface area (Å²) in [6, 6.07) is 9.52. The fourth-order valence-corrected chi connectivity index (χ4v) is 3.05. The second-order valence-electron chi connectivity index (χ2n) is 4.90. The number of ether oxygens (including phenoxy) is 1. The van der Waals surface area contributed by atoms with E-state index in [9.17, 15) is 0 Å². The molecule has 0 heterocycles. The summed E-state index contributed by atoms with van der Waals surface area (Å²) in [5, 5.41) is 0.663. The van der Waals surface area contributed by atoms with Crippen LogP contribution in [0.15, 0.2) is 34.8 Å². The van der Waals surface area contributed by atoms with Crippen molar-refractivity contribution in [2.24, 2.45) is 5.84 Å². The maximum absolute atomic E-state index is 6.11. The number of hydrogen-bond donors (Lipinski definition) is 2. The molecule has 0 fully saturated rings. The molecule has 3 nitrogen and oxygen atoms in total. The molecule has 112 valence electrons. The minimum absolute atomic E-state index is 0.215. The van der Waals surface area contributed by atoms with Crippen LogP contribution in [-0.2, 0) is 0 Å². The Morgan fingerprint density at radius 3 is 2.52 bits per heavy atom. The van der Waals surface area contributed by atoms with Gasteiger partial charge in [-0.25, -0.2) is 5.43 Å². The third kappa shape index (κ3) is 3.24. The van der Waals surface area contributed by atoms with Gasteiger partial charge in [-0.05, 0) is 48.7 Å². The fraction of sp³-hybridized carbons (Fsp3) is 0.250. The molecule has 3 N–H and O–H groups in total. The molecular weight excluding hydrogens is 352 g/mol. The molecule has 0 aliphatic heterocycles. The Morgan fingerprint density at radius 1 is 1.19 bits per heavy atom. The van der Waals surface area contributed by atoms with E-state index in [0.29, 0.717) is 5.02 Å². The van der Waals surface area contributed by atoms with Gasteiger partial charge in [-0.15, -0.1) is 0 Å². The summed E-state index contributed by atoms with van der Waals surface area (Å²) in [5.41, 5.74) is 7.08. The first kappa shape index (κ1) is 16.3. The summed E-state index contributed by atoms with van der Waals surface area (Å²) < 4.78 is 6.53. The molecule has 0 radical (unpaired) electrons. The number of aryl methyl sites for hydroxylation is 1. The van der Waals surface area contributed by atoms with Gasteiger partial charge in [-0.2, -0.15) is 0 Å². The topological polar surface area (TPSA) is 47.3 Å². The van der Waals surface area contributed by atoms with Gasteiger partial charge in [0.1, 0.15) is 5.75 Å². The van der Waals surface area contributed by atoms with Crippen molar-refractivity contribution in [1.82, 2.24) is 5.43 Å². The van der Waals surface area contributed by atoms with Crippen molar-refractivity contribution in [2.75, 3.05) is 7.11 Å². The first-order valence-corrected chi connectivity index (χ1v) is 7.71. The van der Waals surface area contributed by atoms with Crippen LogP contribution >= 0.6 is 27.5 Å². The van der Waals surface area contributed by atoms with Gasteiger partial charge in [0, 0.05) is 15.1 Å². The standard InChI is InChI=1S/C16H18BrClN2O/c1-9-4-6-12(16(21-3)10(9)2)15(20-19)13-8-11(18)5-7-14(13)17/h4-8,15,20H,19H2,1-3H3. The highest BCUT2D eigenvalue weighted by atomic mass is 79.9. The van der Waals surface area contributed by atoms with E-state index in [2.05, 4.69) is 34.3 Å². The fourth-order valence-electron chi connectivity index (χ4n) is 2.39. The second kappa shape index (κ2) is 6.79. The van der Waals surface area contributed by atoms with Gasteiger partial charge >= 0.3 is 0 Å². The largest absolute Gasteiger partial charge is 0.496 e. The van der Waals surface area contributed by atoms with E-state index in [4.69, 9.17) is 22.2 Å². The SMILES string of the molecule is COc1c(C(NN)c2cc(Cl)ccc2Br)ccc(C)c1C. The molecule has 0 saturated heterocycles. The van der Waals surface area contributed by atoms with E-state index >= 15 is 0 Å². The first-order chi connectivity index (χ1) is 9.99. The molecule has 2 rings (SSSR count). The van der Waals surface area contributed by atoms with E-state index in [1.807, 2.05) is 31.2 Å². The molecule has 0 saturated carbocycles. The van der Waals surface area contributed by atoms with E-state index in [1.165, 1.54) is 5.56 Å². The highest BCUT2D eigenvalue weighted by molar-refractivity contribution is 9.10. The molecule has 0 bridgehead atoms. The molecule has 0 amide bonds. The average Bonchev–Trinajstić information content (AvgIpc) is 2.47. The zero-order chi connectivity index (χ0) is 15.6. The summed E-state index contributed by atoms with van der Waals surface area (Å²) in [6.07, 6.45) is 0. The van der Waals surface area contributed by atoms with Crippen molar-refractivity contribution < 1.29 is 4.74 Å². The van der Waals surface area contributed by atoms with E-state index in [1.54, 1.807) is 7.11 Å². The van der Waals surface area contributed by atoms with Crippen LogP contribution in [-0.4, -0.2) is 7.11 Å². The molecule has 21 heavy (non-hydrogen) atoms. The molecule has 2 aromatic carbocycles. The third-order valence-electron chi connectivity index (χ3n) is 3.66. The van der Waals surface area contributed by atoms with Gasteiger partial charge in [0.25, 0.3) is 0 Å². The van der Waals surface area contributed by atoms with Crippen LogP contribution in [0.3, 0.4) is 0 Å². The Hall–Kier alpha value is -1.07. The maximum Gasteiger partial charge on any atom is 0.127 e. The van der Waals surface area contributed by atoms with Gasteiger partial charge in [-0.1, -0.05) is 39.7 Å². The van der Waals surface area contributed by atoms with Crippen molar-refractivity contribution in [3.63, 3.8) is 0 Å². The highest BCUT2D eigenvalue weighted by Crippen LogP contribution is 2.37. The number of rotatable bonds is 4. The van der Waals surface area contributed by atoms with Gasteiger partial charge in [0.15, 0.2) is 0 Å².